The molecule has 0 fully saturated rings. The molecule has 7 nitrogen and oxygen atoms in total. The Kier molecular flexibility index (Phi) is 5.71. The van der Waals surface area contributed by atoms with E-state index in [1.165, 1.54) is 18.2 Å². The van der Waals surface area contributed by atoms with Crippen LogP contribution < -0.4 is 16.4 Å². The largest absolute Gasteiger partial charge is 0.478 e. The Hall–Kier alpha value is -2.09. The van der Waals surface area contributed by atoms with Crippen LogP contribution >= 0.6 is 15.9 Å². The first-order chi connectivity index (χ1) is 9.72. The first-order valence-corrected chi connectivity index (χ1v) is 6.91. The van der Waals surface area contributed by atoms with Crippen LogP contribution in [0.4, 0.5) is 10.5 Å². The van der Waals surface area contributed by atoms with Crippen LogP contribution in [0.1, 0.15) is 24.2 Å². The molecule has 114 valence electrons. The molecule has 1 atom stereocenters. The van der Waals surface area contributed by atoms with Crippen molar-refractivity contribution in [1.29, 1.82) is 0 Å². The van der Waals surface area contributed by atoms with Crippen LogP contribution in [0.2, 0.25) is 0 Å². The molecule has 0 saturated carbocycles. The molecule has 0 saturated heterocycles. The number of hydrogen-bond donors (Lipinski definition) is 4. The average Bonchev–Trinajstić information content (AvgIpc) is 2.37. The topological polar surface area (TPSA) is 122 Å². The fourth-order valence-electron chi connectivity index (χ4n) is 1.64. The highest BCUT2D eigenvalue weighted by Crippen LogP contribution is 2.21. The zero-order valence-corrected chi connectivity index (χ0v) is 13.1. The number of nitrogens with one attached hydrogen (secondary N) is 2. The van der Waals surface area contributed by atoms with Gasteiger partial charge in [0.2, 0.25) is 5.91 Å². The number of carboxylic acids is 1. The van der Waals surface area contributed by atoms with Crippen LogP contribution in [-0.4, -0.2) is 29.1 Å². The summed E-state index contributed by atoms with van der Waals surface area (Å²) in [5.74, 6) is -1.92. The maximum atomic E-state index is 11.8. The van der Waals surface area contributed by atoms with Gasteiger partial charge in [0.15, 0.2) is 0 Å². The van der Waals surface area contributed by atoms with Crippen LogP contribution in [0.15, 0.2) is 22.7 Å². The first kappa shape index (κ1) is 17.0. The number of carbonyl (C=O) groups is 3. The minimum atomic E-state index is -1.12. The number of hydrogen-bond acceptors (Lipinski definition) is 3. The van der Waals surface area contributed by atoms with E-state index in [4.69, 9.17) is 10.8 Å². The number of amides is 3. The second-order valence-corrected chi connectivity index (χ2v) is 5.58. The molecule has 21 heavy (non-hydrogen) atoms. The van der Waals surface area contributed by atoms with Crippen LogP contribution in [-0.2, 0) is 4.79 Å². The Balaban J connectivity index is 2.82. The van der Waals surface area contributed by atoms with E-state index in [9.17, 15) is 14.4 Å². The Labute approximate surface area is 130 Å². The van der Waals surface area contributed by atoms with Crippen LogP contribution in [0.25, 0.3) is 0 Å². The maximum absolute atomic E-state index is 11.8. The fourth-order valence-corrected chi connectivity index (χ4v) is 2.06. The van der Waals surface area contributed by atoms with Gasteiger partial charge in [-0.05, 0) is 40.0 Å². The normalized spacial score (nSPS) is 11.8. The van der Waals surface area contributed by atoms with E-state index >= 15 is 0 Å². The molecule has 5 N–H and O–H groups in total. The molecule has 1 unspecified atom stereocenters. The molecule has 0 spiro atoms. The van der Waals surface area contributed by atoms with E-state index in [-0.39, 0.29) is 11.5 Å². The van der Waals surface area contributed by atoms with E-state index in [1.807, 2.05) is 0 Å². The van der Waals surface area contributed by atoms with E-state index in [0.717, 1.165) is 0 Å². The number of aromatic carboxylic acids is 1. The third-order valence-electron chi connectivity index (χ3n) is 2.71. The van der Waals surface area contributed by atoms with Crippen molar-refractivity contribution in [2.45, 2.75) is 19.9 Å². The van der Waals surface area contributed by atoms with E-state index in [1.54, 1.807) is 13.8 Å². The summed E-state index contributed by atoms with van der Waals surface area (Å²) in [5.41, 5.74) is 5.51. The minimum Gasteiger partial charge on any atom is -0.478 e. The van der Waals surface area contributed by atoms with E-state index in [2.05, 4.69) is 26.6 Å². The second kappa shape index (κ2) is 7.07. The number of urea groups is 1. The summed E-state index contributed by atoms with van der Waals surface area (Å²) in [6.45, 7) is 3.50. The van der Waals surface area contributed by atoms with Crippen molar-refractivity contribution in [1.82, 2.24) is 5.32 Å². The molecule has 0 aliphatic heterocycles. The van der Waals surface area contributed by atoms with Crippen molar-refractivity contribution >= 4 is 39.5 Å². The average molecular weight is 358 g/mol. The summed E-state index contributed by atoms with van der Waals surface area (Å²) in [5, 5.41) is 13.9. The standard InChI is InChI=1S/C13H16BrN3O4/c1-6(2)10(11(15)18)17-13(21)16-7-3-4-9(14)8(5-7)12(19)20/h3-6,10H,1-2H3,(H2,15,18)(H,19,20)(H2,16,17,21). The Morgan fingerprint density at radius 1 is 1.29 bits per heavy atom. The van der Waals surface area contributed by atoms with Gasteiger partial charge in [-0.25, -0.2) is 9.59 Å². The predicted molar refractivity (Wildman–Crippen MR) is 81.1 cm³/mol. The lowest BCUT2D eigenvalue weighted by atomic mass is 10.0. The number of nitrogens with two attached hydrogens (primary N) is 1. The van der Waals surface area contributed by atoms with Crippen LogP contribution in [0.5, 0.6) is 0 Å². The lowest BCUT2D eigenvalue weighted by Crippen LogP contribution is -2.49. The number of carbonyl (C=O) groups excluding carboxylic acids is 2. The van der Waals surface area contributed by atoms with Gasteiger partial charge in [-0.15, -0.1) is 0 Å². The van der Waals surface area contributed by atoms with Gasteiger partial charge < -0.3 is 21.5 Å². The number of primary amides is 1. The van der Waals surface area contributed by atoms with E-state index < -0.39 is 23.9 Å². The number of anilines is 1. The van der Waals surface area contributed by atoms with Gasteiger partial charge >= 0.3 is 12.0 Å². The molecule has 0 aromatic heterocycles. The molecule has 0 aliphatic rings. The van der Waals surface area contributed by atoms with Gasteiger partial charge in [-0.3, -0.25) is 4.79 Å². The maximum Gasteiger partial charge on any atom is 0.336 e. The molecule has 8 heteroatoms. The van der Waals surface area contributed by atoms with Gasteiger partial charge in [0.05, 0.1) is 5.56 Å². The Bertz CT molecular complexity index is 575. The van der Waals surface area contributed by atoms with Gasteiger partial charge in [-0.1, -0.05) is 13.8 Å². The Morgan fingerprint density at radius 2 is 1.90 bits per heavy atom. The Morgan fingerprint density at radius 3 is 2.38 bits per heavy atom. The van der Waals surface area contributed by atoms with Gasteiger partial charge in [0.25, 0.3) is 0 Å². The predicted octanol–water partition coefficient (Wildman–Crippen LogP) is 1.78. The first-order valence-electron chi connectivity index (χ1n) is 6.12. The highest BCUT2D eigenvalue weighted by molar-refractivity contribution is 9.10. The van der Waals surface area contributed by atoms with Crippen molar-refractivity contribution in [2.75, 3.05) is 5.32 Å². The third kappa shape index (κ3) is 4.75. The zero-order chi connectivity index (χ0) is 16.2. The second-order valence-electron chi connectivity index (χ2n) is 4.72. The summed E-state index contributed by atoms with van der Waals surface area (Å²) in [6.07, 6.45) is 0. The number of benzene rings is 1. The molecule has 0 heterocycles. The van der Waals surface area contributed by atoms with Crippen molar-refractivity contribution in [3.8, 4) is 0 Å². The summed E-state index contributed by atoms with van der Waals surface area (Å²) in [4.78, 5) is 34.0. The van der Waals surface area contributed by atoms with Gasteiger partial charge in [0.1, 0.15) is 6.04 Å². The lowest BCUT2D eigenvalue weighted by molar-refractivity contribution is -0.120. The van der Waals surface area contributed by atoms with Crippen molar-refractivity contribution in [3.63, 3.8) is 0 Å². The van der Waals surface area contributed by atoms with Gasteiger partial charge in [-0.2, -0.15) is 0 Å². The number of halogens is 1. The monoisotopic (exact) mass is 357 g/mol. The quantitative estimate of drug-likeness (QED) is 0.641. The molecule has 3 amide bonds. The van der Waals surface area contributed by atoms with Crippen molar-refractivity contribution < 1.29 is 19.5 Å². The molecule has 0 aliphatic carbocycles. The molecular formula is C13H16BrN3O4. The summed E-state index contributed by atoms with van der Waals surface area (Å²) in [7, 11) is 0. The molecule has 1 aromatic carbocycles. The zero-order valence-electron chi connectivity index (χ0n) is 11.5. The molecule has 1 rings (SSSR count). The summed E-state index contributed by atoms with van der Waals surface area (Å²) in [6, 6.07) is 2.91. The SMILES string of the molecule is CC(C)C(NC(=O)Nc1ccc(Br)c(C(=O)O)c1)C(N)=O. The lowest BCUT2D eigenvalue weighted by Gasteiger charge is -2.19. The van der Waals surface area contributed by atoms with Crippen molar-refractivity contribution in [3.05, 3.63) is 28.2 Å². The smallest absolute Gasteiger partial charge is 0.336 e. The number of rotatable bonds is 5. The molecular weight excluding hydrogens is 342 g/mol. The summed E-state index contributed by atoms with van der Waals surface area (Å²) < 4.78 is 0.401. The molecule has 1 aromatic rings. The van der Waals surface area contributed by atoms with E-state index in [0.29, 0.717) is 10.2 Å². The molecule has 0 radical (unpaired) electrons. The van der Waals surface area contributed by atoms with Crippen molar-refractivity contribution in [2.24, 2.45) is 11.7 Å². The minimum absolute atomic E-state index is 0.0168. The van der Waals surface area contributed by atoms with Gasteiger partial charge in [0, 0.05) is 10.2 Å². The number of carboxylic acid groups (broad SMARTS) is 1. The third-order valence-corrected chi connectivity index (χ3v) is 3.41. The molecule has 0 bridgehead atoms. The highest BCUT2D eigenvalue weighted by atomic mass is 79.9. The summed E-state index contributed by atoms with van der Waals surface area (Å²) >= 11 is 3.11. The van der Waals surface area contributed by atoms with Crippen LogP contribution in [0.3, 0.4) is 0 Å². The highest BCUT2D eigenvalue weighted by Gasteiger charge is 2.21. The van der Waals surface area contributed by atoms with Crippen LogP contribution in [0, 0.1) is 5.92 Å². The fraction of sp³-hybridized carbons (Fsp3) is 0.308.